The van der Waals surface area contributed by atoms with Gasteiger partial charge in [-0.3, -0.25) is 4.79 Å². The average Bonchev–Trinajstić information content (AvgIpc) is 3.13. The van der Waals surface area contributed by atoms with E-state index in [-0.39, 0.29) is 5.91 Å². The monoisotopic (exact) mass is 263 g/mol. The first-order valence-electron chi connectivity index (χ1n) is 6.61. The summed E-state index contributed by atoms with van der Waals surface area (Å²) in [5.74, 6) is 0.846. The van der Waals surface area contributed by atoms with Gasteiger partial charge in [0.2, 0.25) is 5.91 Å². The number of benzene rings is 1. The van der Waals surface area contributed by atoms with Crippen molar-refractivity contribution in [2.75, 3.05) is 12.3 Å². The molecule has 1 aromatic carbocycles. The summed E-state index contributed by atoms with van der Waals surface area (Å²) in [6.45, 7) is 7.12. The van der Waals surface area contributed by atoms with Crippen LogP contribution >= 0.6 is 11.8 Å². The first-order chi connectivity index (χ1) is 8.61. The lowest BCUT2D eigenvalue weighted by atomic mass is 10.2. The third-order valence-corrected chi connectivity index (χ3v) is 4.49. The van der Waals surface area contributed by atoms with Crippen LogP contribution in [0.5, 0.6) is 0 Å². The quantitative estimate of drug-likeness (QED) is 0.759. The molecule has 3 heteroatoms. The zero-order valence-corrected chi connectivity index (χ0v) is 12.2. The number of carbonyl (C=O) groups is 1. The number of nitrogens with zero attached hydrogens (tertiary/aromatic N) is 1. The Bertz CT molecular complexity index is 440. The van der Waals surface area contributed by atoms with Crippen molar-refractivity contribution in [3.63, 3.8) is 0 Å². The predicted octanol–water partition coefficient (Wildman–Crippen LogP) is 3.41. The van der Waals surface area contributed by atoms with Crippen LogP contribution in [0.3, 0.4) is 0 Å². The number of rotatable bonds is 5. The van der Waals surface area contributed by atoms with E-state index < -0.39 is 0 Å². The molecule has 1 saturated carbocycles. The summed E-state index contributed by atoms with van der Waals surface area (Å²) in [6.07, 6.45) is 2.38. The molecule has 0 saturated heterocycles. The Kier molecular flexibility index (Phi) is 4.33. The molecule has 0 bridgehead atoms. The Morgan fingerprint density at radius 2 is 2.11 bits per heavy atom. The zero-order valence-electron chi connectivity index (χ0n) is 11.4. The zero-order chi connectivity index (χ0) is 13.1. The molecule has 1 amide bonds. The molecule has 1 aliphatic carbocycles. The van der Waals surface area contributed by atoms with E-state index in [2.05, 4.69) is 39.0 Å². The standard InChI is InChI=1S/C15H21NOS/c1-4-16(13-6-7-13)15(17)10-18-14-8-5-11(2)9-12(14)3/h5,8-9,13H,4,6-7,10H2,1-3H3. The topological polar surface area (TPSA) is 20.3 Å². The normalized spacial score (nSPS) is 14.6. The van der Waals surface area contributed by atoms with E-state index in [9.17, 15) is 4.79 Å². The largest absolute Gasteiger partial charge is 0.339 e. The summed E-state index contributed by atoms with van der Waals surface area (Å²) in [6, 6.07) is 6.93. The van der Waals surface area contributed by atoms with Crippen LogP contribution in [0.15, 0.2) is 23.1 Å². The maximum atomic E-state index is 12.1. The van der Waals surface area contributed by atoms with Crippen molar-refractivity contribution < 1.29 is 4.79 Å². The van der Waals surface area contributed by atoms with Gasteiger partial charge in [0.1, 0.15) is 0 Å². The van der Waals surface area contributed by atoms with Crippen molar-refractivity contribution in [2.45, 2.75) is 44.6 Å². The van der Waals surface area contributed by atoms with E-state index in [0.29, 0.717) is 11.8 Å². The average molecular weight is 263 g/mol. The smallest absolute Gasteiger partial charge is 0.233 e. The SMILES string of the molecule is CCN(C(=O)CSc1ccc(C)cc1C)C1CC1. The molecule has 2 rings (SSSR count). The Labute approximate surface area is 114 Å². The highest BCUT2D eigenvalue weighted by Gasteiger charge is 2.31. The predicted molar refractivity (Wildman–Crippen MR) is 77.0 cm³/mol. The fraction of sp³-hybridized carbons (Fsp3) is 0.533. The van der Waals surface area contributed by atoms with E-state index in [1.165, 1.54) is 28.9 Å². The first-order valence-corrected chi connectivity index (χ1v) is 7.60. The van der Waals surface area contributed by atoms with Gasteiger partial charge in [-0.05, 0) is 45.2 Å². The highest BCUT2D eigenvalue weighted by atomic mass is 32.2. The molecule has 98 valence electrons. The van der Waals surface area contributed by atoms with Gasteiger partial charge in [-0.2, -0.15) is 0 Å². The lowest BCUT2D eigenvalue weighted by Gasteiger charge is -2.20. The summed E-state index contributed by atoms with van der Waals surface area (Å²) < 4.78 is 0. The van der Waals surface area contributed by atoms with E-state index in [1.807, 2.05) is 4.90 Å². The van der Waals surface area contributed by atoms with Crippen molar-refractivity contribution in [3.05, 3.63) is 29.3 Å². The molecular formula is C15H21NOS. The number of hydrogen-bond acceptors (Lipinski definition) is 2. The van der Waals surface area contributed by atoms with Gasteiger partial charge in [0, 0.05) is 17.5 Å². The van der Waals surface area contributed by atoms with Crippen LogP contribution < -0.4 is 0 Å². The second-order valence-corrected chi connectivity index (χ2v) is 5.99. The van der Waals surface area contributed by atoms with Gasteiger partial charge in [-0.1, -0.05) is 17.7 Å². The molecule has 1 fully saturated rings. The summed E-state index contributed by atoms with van der Waals surface area (Å²) in [7, 11) is 0. The Morgan fingerprint density at radius 3 is 2.67 bits per heavy atom. The van der Waals surface area contributed by atoms with Crippen LogP contribution in [-0.4, -0.2) is 29.1 Å². The molecule has 0 unspecified atom stereocenters. The molecule has 1 aromatic rings. The lowest BCUT2D eigenvalue weighted by Crippen LogP contribution is -2.34. The molecule has 0 spiro atoms. The van der Waals surface area contributed by atoms with Crippen LogP contribution in [0.1, 0.15) is 30.9 Å². The van der Waals surface area contributed by atoms with Crippen LogP contribution in [0.25, 0.3) is 0 Å². The van der Waals surface area contributed by atoms with E-state index in [0.717, 1.165) is 6.54 Å². The Balaban J connectivity index is 1.92. The Morgan fingerprint density at radius 1 is 1.39 bits per heavy atom. The Hall–Kier alpha value is -0.960. The van der Waals surface area contributed by atoms with E-state index in [4.69, 9.17) is 0 Å². The summed E-state index contributed by atoms with van der Waals surface area (Å²) in [4.78, 5) is 15.4. The van der Waals surface area contributed by atoms with Crippen molar-refractivity contribution in [2.24, 2.45) is 0 Å². The molecular weight excluding hydrogens is 242 g/mol. The molecule has 1 aliphatic rings. The molecule has 18 heavy (non-hydrogen) atoms. The number of thioether (sulfide) groups is 1. The third kappa shape index (κ3) is 3.29. The maximum Gasteiger partial charge on any atom is 0.233 e. The van der Waals surface area contributed by atoms with Crippen LogP contribution in [-0.2, 0) is 4.79 Å². The number of amides is 1. The molecule has 0 N–H and O–H groups in total. The molecule has 0 radical (unpaired) electrons. The summed E-state index contributed by atoms with van der Waals surface area (Å²) >= 11 is 1.66. The van der Waals surface area contributed by atoms with Crippen molar-refractivity contribution in [1.82, 2.24) is 4.90 Å². The van der Waals surface area contributed by atoms with Crippen LogP contribution in [0.4, 0.5) is 0 Å². The minimum absolute atomic E-state index is 0.282. The fourth-order valence-electron chi connectivity index (χ4n) is 2.21. The molecule has 0 atom stereocenters. The van der Waals surface area contributed by atoms with Gasteiger partial charge >= 0.3 is 0 Å². The number of carbonyl (C=O) groups excluding carboxylic acids is 1. The summed E-state index contributed by atoms with van der Waals surface area (Å²) in [5.41, 5.74) is 2.54. The molecule has 0 aromatic heterocycles. The minimum atomic E-state index is 0.282. The number of aryl methyl sites for hydroxylation is 2. The lowest BCUT2D eigenvalue weighted by molar-refractivity contribution is -0.128. The minimum Gasteiger partial charge on any atom is -0.339 e. The van der Waals surface area contributed by atoms with Crippen molar-refractivity contribution in [3.8, 4) is 0 Å². The molecule has 0 aliphatic heterocycles. The van der Waals surface area contributed by atoms with Gasteiger partial charge in [0.15, 0.2) is 0 Å². The maximum absolute atomic E-state index is 12.1. The van der Waals surface area contributed by atoms with Crippen molar-refractivity contribution >= 4 is 17.7 Å². The fourth-order valence-corrected chi connectivity index (χ4v) is 3.10. The summed E-state index contributed by atoms with van der Waals surface area (Å²) in [5, 5.41) is 0. The van der Waals surface area contributed by atoms with Crippen molar-refractivity contribution in [1.29, 1.82) is 0 Å². The third-order valence-electron chi connectivity index (χ3n) is 3.33. The molecule has 2 nitrogen and oxygen atoms in total. The molecule has 0 heterocycles. The second kappa shape index (κ2) is 5.79. The van der Waals surface area contributed by atoms with Gasteiger partial charge in [0.25, 0.3) is 0 Å². The van der Waals surface area contributed by atoms with Gasteiger partial charge in [-0.15, -0.1) is 11.8 Å². The van der Waals surface area contributed by atoms with Crippen LogP contribution in [0, 0.1) is 13.8 Å². The highest BCUT2D eigenvalue weighted by Crippen LogP contribution is 2.29. The van der Waals surface area contributed by atoms with Crippen LogP contribution in [0.2, 0.25) is 0 Å². The van der Waals surface area contributed by atoms with E-state index >= 15 is 0 Å². The number of hydrogen-bond donors (Lipinski definition) is 0. The second-order valence-electron chi connectivity index (χ2n) is 4.97. The van der Waals surface area contributed by atoms with Gasteiger partial charge in [0.05, 0.1) is 5.75 Å². The van der Waals surface area contributed by atoms with Gasteiger partial charge < -0.3 is 4.90 Å². The van der Waals surface area contributed by atoms with E-state index in [1.54, 1.807) is 11.8 Å². The van der Waals surface area contributed by atoms with Gasteiger partial charge in [-0.25, -0.2) is 0 Å². The highest BCUT2D eigenvalue weighted by molar-refractivity contribution is 8.00. The first kappa shape index (κ1) is 13.5.